The summed E-state index contributed by atoms with van der Waals surface area (Å²) in [6.45, 7) is 0. The topological polar surface area (TPSA) is 16.4 Å². The smallest absolute Gasteiger partial charge is 0.143 e. The van der Waals surface area contributed by atoms with Crippen molar-refractivity contribution in [3.05, 3.63) is 194 Å². The molecule has 0 amide bonds. The van der Waals surface area contributed by atoms with Gasteiger partial charge in [-0.05, 0) is 105 Å². The zero-order chi connectivity index (χ0) is 34.4. The molecule has 0 aliphatic heterocycles. The third kappa shape index (κ3) is 5.28. The van der Waals surface area contributed by atoms with Crippen LogP contribution in [0.1, 0.15) is 18.4 Å². The van der Waals surface area contributed by atoms with Crippen molar-refractivity contribution < 1.29 is 4.42 Å². The third-order valence-electron chi connectivity index (χ3n) is 10.5. The summed E-state index contributed by atoms with van der Waals surface area (Å²) in [6.07, 6.45) is 8.84. The molecule has 1 heterocycles. The van der Waals surface area contributed by atoms with E-state index in [2.05, 4.69) is 193 Å². The lowest BCUT2D eigenvalue weighted by Crippen LogP contribution is -2.11. The van der Waals surface area contributed by atoms with Gasteiger partial charge in [-0.2, -0.15) is 0 Å². The van der Waals surface area contributed by atoms with E-state index in [9.17, 15) is 0 Å². The molecule has 0 spiro atoms. The van der Waals surface area contributed by atoms with E-state index in [0.717, 1.165) is 63.0 Å². The van der Waals surface area contributed by atoms with E-state index < -0.39 is 0 Å². The van der Waals surface area contributed by atoms with E-state index >= 15 is 0 Å². The summed E-state index contributed by atoms with van der Waals surface area (Å²) in [7, 11) is 0. The average molecular weight is 666 g/mol. The Hall–Kier alpha value is -6.64. The molecule has 0 saturated heterocycles. The Morgan fingerprint density at radius 1 is 0.462 bits per heavy atom. The Balaban J connectivity index is 1.13. The van der Waals surface area contributed by atoms with E-state index in [4.69, 9.17) is 4.42 Å². The molecule has 2 heteroatoms. The highest BCUT2D eigenvalue weighted by molar-refractivity contribution is 6.14. The van der Waals surface area contributed by atoms with Gasteiger partial charge in [0.2, 0.25) is 0 Å². The molecule has 8 aromatic carbocycles. The van der Waals surface area contributed by atoms with Crippen LogP contribution in [0.5, 0.6) is 0 Å². The Morgan fingerprint density at radius 2 is 1.15 bits per heavy atom. The van der Waals surface area contributed by atoms with Crippen LogP contribution in [0.3, 0.4) is 0 Å². The maximum Gasteiger partial charge on any atom is 0.143 e. The number of rotatable bonds is 6. The van der Waals surface area contributed by atoms with Crippen LogP contribution in [0.4, 0.5) is 17.1 Å². The van der Waals surface area contributed by atoms with Crippen LogP contribution in [0.25, 0.3) is 71.3 Å². The molecule has 9 aromatic rings. The SMILES string of the molecule is C1=CCCC(c2cccc(-c3ccc(N(c4ccc5ccccc5c4)c4ccccc4-c4cccc5c4oc4cc6ccccc6cc45)cc3)c2)=C1. The Bertz CT molecular complexity index is 2850. The van der Waals surface area contributed by atoms with Crippen molar-refractivity contribution in [2.24, 2.45) is 0 Å². The number of para-hydroxylation sites is 2. The molecule has 0 unspecified atom stereocenters. The molecule has 0 saturated carbocycles. The van der Waals surface area contributed by atoms with Gasteiger partial charge in [0.25, 0.3) is 0 Å². The Labute approximate surface area is 303 Å². The minimum absolute atomic E-state index is 0.900. The molecule has 2 nitrogen and oxygen atoms in total. The molecule has 10 rings (SSSR count). The van der Waals surface area contributed by atoms with Gasteiger partial charge in [-0.25, -0.2) is 0 Å². The molecular weight excluding hydrogens is 631 g/mol. The van der Waals surface area contributed by atoms with Gasteiger partial charge in [-0.1, -0.05) is 140 Å². The van der Waals surface area contributed by atoms with Crippen molar-refractivity contribution in [1.82, 2.24) is 0 Å². The minimum Gasteiger partial charge on any atom is -0.455 e. The zero-order valence-electron chi connectivity index (χ0n) is 28.7. The summed E-state index contributed by atoms with van der Waals surface area (Å²) in [5, 5.41) is 7.07. The van der Waals surface area contributed by atoms with Crippen molar-refractivity contribution in [2.75, 3.05) is 4.90 Å². The molecule has 1 aromatic heterocycles. The number of anilines is 3. The summed E-state index contributed by atoms with van der Waals surface area (Å²) in [6, 6.07) is 61.4. The molecular formula is C50H35NO. The molecule has 52 heavy (non-hydrogen) atoms. The number of benzene rings is 8. The highest BCUT2D eigenvalue weighted by atomic mass is 16.3. The highest BCUT2D eigenvalue weighted by Gasteiger charge is 2.21. The van der Waals surface area contributed by atoms with Gasteiger partial charge >= 0.3 is 0 Å². The number of hydrogen-bond acceptors (Lipinski definition) is 2. The van der Waals surface area contributed by atoms with Crippen molar-refractivity contribution >= 4 is 66.1 Å². The first-order chi connectivity index (χ1) is 25.8. The van der Waals surface area contributed by atoms with Crippen molar-refractivity contribution in [2.45, 2.75) is 12.8 Å². The lowest BCUT2D eigenvalue weighted by Gasteiger charge is -2.28. The number of furan rings is 1. The summed E-state index contributed by atoms with van der Waals surface area (Å²) in [4.78, 5) is 2.39. The molecule has 0 bridgehead atoms. The second kappa shape index (κ2) is 12.6. The van der Waals surface area contributed by atoms with Crippen LogP contribution in [-0.4, -0.2) is 0 Å². The summed E-state index contributed by atoms with van der Waals surface area (Å²) >= 11 is 0. The van der Waals surface area contributed by atoms with E-state index in [1.54, 1.807) is 0 Å². The second-order valence-electron chi connectivity index (χ2n) is 13.7. The number of allylic oxidation sites excluding steroid dienone is 4. The number of nitrogens with zero attached hydrogens (tertiary/aromatic N) is 1. The predicted molar refractivity (Wildman–Crippen MR) is 221 cm³/mol. The van der Waals surface area contributed by atoms with Gasteiger partial charge in [-0.15, -0.1) is 0 Å². The minimum atomic E-state index is 0.900. The zero-order valence-corrected chi connectivity index (χ0v) is 28.7. The monoisotopic (exact) mass is 665 g/mol. The summed E-state index contributed by atoms with van der Waals surface area (Å²) in [5.41, 5.74) is 12.4. The first kappa shape index (κ1) is 30.2. The number of fused-ring (bicyclic) bond motifs is 5. The summed E-state index contributed by atoms with van der Waals surface area (Å²) < 4.78 is 6.74. The van der Waals surface area contributed by atoms with Crippen LogP contribution < -0.4 is 4.90 Å². The second-order valence-corrected chi connectivity index (χ2v) is 13.7. The van der Waals surface area contributed by atoms with Crippen LogP contribution in [0.15, 0.2) is 193 Å². The molecule has 0 radical (unpaired) electrons. The van der Waals surface area contributed by atoms with E-state index in [1.807, 2.05) is 0 Å². The van der Waals surface area contributed by atoms with Gasteiger partial charge in [0.1, 0.15) is 11.2 Å². The van der Waals surface area contributed by atoms with E-state index in [-0.39, 0.29) is 0 Å². The summed E-state index contributed by atoms with van der Waals surface area (Å²) in [5.74, 6) is 0. The molecule has 0 atom stereocenters. The molecule has 1 aliphatic rings. The van der Waals surface area contributed by atoms with Gasteiger partial charge in [0, 0.05) is 33.3 Å². The first-order valence-electron chi connectivity index (χ1n) is 18.1. The number of hydrogen-bond donors (Lipinski definition) is 0. The van der Waals surface area contributed by atoms with Gasteiger partial charge in [0.05, 0.1) is 5.69 Å². The van der Waals surface area contributed by atoms with Crippen LogP contribution in [0, 0.1) is 0 Å². The highest BCUT2D eigenvalue weighted by Crippen LogP contribution is 2.45. The van der Waals surface area contributed by atoms with Crippen LogP contribution in [-0.2, 0) is 0 Å². The fraction of sp³-hybridized carbons (Fsp3) is 0.0400. The average Bonchev–Trinajstić information content (AvgIpc) is 3.58. The fourth-order valence-electron chi connectivity index (χ4n) is 7.88. The maximum absolute atomic E-state index is 6.74. The van der Waals surface area contributed by atoms with Crippen molar-refractivity contribution in [3.63, 3.8) is 0 Å². The van der Waals surface area contributed by atoms with Crippen molar-refractivity contribution in [1.29, 1.82) is 0 Å². The Morgan fingerprint density at radius 3 is 1.98 bits per heavy atom. The lowest BCUT2D eigenvalue weighted by atomic mass is 9.94. The third-order valence-corrected chi connectivity index (χ3v) is 10.5. The van der Waals surface area contributed by atoms with E-state index in [0.29, 0.717) is 0 Å². The molecule has 0 N–H and O–H groups in total. The quantitative estimate of drug-likeness (QED) is 0.176. The maximum atomic E-state index is 6.74. The first-order valence-corrected chi connectivity index (χ1v) is 18.1. The van der Waals surface area contributed by atoms with E-state index in [1.165, 1.54) is 43.8 Å². The van der Waals surface area contributed by atoms with Gasteiger partial charge in [-0.3, -0.25) is 0 Å². The predicted octanol–water partition coefficient (Wildman–Crippen LogP) is 14.4. The van der Waals surface area contributed by atoms with Gasteiger partial charge < -0.3 is 9.32 Å². The lowest BCUT2D eigenvalue weighted by molar-refractivity contribution is 0.670. The molecule has 246 valence electrons. The molecule has 1 aliphatic carbocycles. The van der Waals surface area contributed by atoms with Crippen LogP contribution in [0.2, 0.25) is 0 Å². The standard InChI is InChI=1S/C50H35NO/c1-2-12-34(13-3-1)37-18-10-19-38(30-37)36-24-27-42(28-25-36)51(43-29-26-35-14-4-5-15-39(35)31-43)48-23-9-8-20-44(48)45-21-11-22-46-47-32-40-16-6-7-17-41(40)33-49(47)52-50(45)46/h1-2,4-12,14-33H,3,13H2. The fourth-order valence-corrected chi connectivity index (χ4v) is 7.88. The van der Waals surface area contributed by atoms with Gasteiger partial charge in [0.15, 0.2) is 0 Å². The van der Waals surface area contributed by atoms with Crippen molar-refractivity contribution in [3.8, 4) is 22.3 Å². The van der Waals surface area contributed by atoms with Crippen LogP contribution >= 0.6 is 0 Å². The largest absolute Gasteiger partial charge is 0.455 e. The normalized spacial score (nSPS) is 12.9. The molecule has 0 fully saturated rings. The Kier molecular flexibility index (Phi) is 7.32.